The van der Waals surface area contributed by atoms with E-state index < -0.39 is 15.9 Å². The Morgan fingerprint density at radius 1 is 1.59 bits per heavy atom. The third-order valence-corrected chi connectivity index (χ3v) is 4.69. The summed E-state index contributed by atoms with van der Waals surface area (Å²) in [5.41, 5.74) is 5.67. The Morgan fingerprint density at radius 2 is 2.24 bits per heavy atom. The molecule has 1 fully saturated rings. The summed E-state index contributed by atoms with van der Waals surface area (Å²) < 4.78 is 27.6. The van der Waals surface area contributed by atoms with Gasteiger partial charge in [0.05, 0.1) is 18.1 Å². The first kappa shape index (κ1) is 14.4. The Bertz CT molecular complexity index is 369. The van der Waals surface area contributed by atoms with Crippen molar-refractivity contribution < 1.29 is 17.9 Å². The number of rotatable bonds is 5. The van der Waals surface area contributed by atoms with Crippen LogP contribution in [0.1, 0.15) is 13.3 Å². The topological polar surface area (TPSA) is 89.7 Å². The molecule has 1 aliphatic heterocycles. The normalized spacial score (nSPS) is 24.5. The highest BCUT2D eigenvalue weighted by Crippen LogP contribution is 2.18. The predicted molar refractivity (Wildman–Crippen MR) is 64.3 cm³/mol. The smallest absolute Gasteiger partial charge is 0.242 e. The monoisotopic (exact) mass is 264 g/mol. The fraction of sp³-hybridized carbons (Fsp3) is 0.900. The first-order chi connectivity index (χ1) is 7.91. The SMILES string of the molecule is CCN(C(=O)C(N)COC)C1CCS(=O)(=O)C1. The van der Waals surface area contributed by atoms with Crippen LogP contribution in [0.5, 0.6) is 0 Å². The van der Waals surface area contributed by atoms with Gasteiger partial charge in [-0.3, -0.25) is 4.79 Å². The number of nitrogens with two attached hydrogens (primary N) is 1. The number of hydrogen-bond acceptors (Lipinski definition) is 5. The van der Waals surface area contributed by atoms with E-state index in [1.165, 1.54) is 7.11 Å². The van der Waals surface area contributed by atoms with Gasteiger partial charge in [0.15, 0.2) is 9.84 Å². The molecule has 2 atom stereocenters. The molecule has 17 heavy (non-hydrogen) atoms. The Kier molecular flexibility index (Phi) is 4.91. The number of ether oxygens (including phenoxy) is 1. The van der Waals surface area contributed by atoms with Crippen LogP contribution in [0, 0.1) is 0 Å². The molecule has 1 saturated heterocycles. The molecule has 1 aliphatic rings. The minimum Gasteiger partial charge on any atom is -0.383 e. The summed E-state index contributed by atoms with van der Waals surface area (Å²) in [6.07, 6.45) is 0.502. The number of methoxy groups -OCH3 is 1. The maximum absolute atomic E-state index is 12.0. The summed E-state index contributed by atoms with van der Waals surface area (Å²) in [4.78, 5) is 13.5. The van der Waals surface area contributed by atoms with Gasteiger partial charge in [-0.2, -0.15) is 0 Å². The van der Waals surface area contributed by atoms with Gasteiger partial charge in [-0.25, -0.2) is 8.42 Å². The van der Waals surface area contributed by atoms with Crippen molar-refractivity contribution in [2.75, 3.05) is 31.8 Å². The van der Waals surface area contributed by atoms with Gasteiger partial charge >= 0.3 is 0 Å². The van der Waals surface area contributed by atoms with Crippen LogP contribution in [0.3, 0.4) is 0 Å². The van der Waals surface area contributed by atoms with Crippen molar-refractivity contribution in [1.29, 1.82) is 0 Å². The van der Waals surface area contributed by atoms with Gasteiger partial charge in [0.25, 0.3) is 0 Å². The van der Waals surface area contributed by atoms with Crippen molar-refractivity contribution in [3.63, 3.8) is 0 Å². The molecule has 7 heteroatoms. The van der Waals surface area contributed by atoms with Gasteiger partial charge < -0.3 is 15.4 Å². The second-order valence-corrected chi connectivity index (χ2v) is 6.47. The molecule has 1 heterocycles. The minimum absolute atomic E-state index is 0.0479. The highest BCUT2D eigenvalue weighted by atomic mass is 32.2. The molecule has 0 radical (unpaired) electrons. The maximum Gasteiger partial charge on any atom is 0.242 e. The van der Waals surface area contributed by atoms with Crippen LogP contribution in [0.4, 0.5) is 0 Å². The first-order valence-electron chi connectivity index (χ1n) is 5.66. The summed E-state index contributed by atoms with van der Waals surface area (Å²) in [6, 6.07) is -0.955. The zero-order valence-electron chi connectivity index (χ0n) is 10.3. The van der Waals surface area contributed by atoms with Crippen LogP contribution in [0.15, 0.2) is 0 Å². The van der Waals surface area contributed by atoms with Gasteiger partial charge in [0.2, 0.25) is 5.91 Å². The molecule has 0 aromatic heterocycles. The number of amides is 1. The van der Waals surface area contributed by atoms with E-state index in [9.17, 15) is 13.2 Å². The number of carbonyl (C=O) groups excluding carboxylic acids is 1. The van der Waals surface area contributed by atoms with E-state index in [0.29, 0.717) is 13.0 Å². The maximum atomic E-state index is 12.0. The van der Waals surface area contributed by atoms with Crippen LogP contribution >= 0.6 is 0 Å². The molecule has 0 bridgehead atoms. The van der Waals surface area contributed by atoms with Crippen molar-refractivity contribution in [3.05, 3.63) is 0 Å². The lowest BCUT2D eigenvalue weighted by atomic mass is 10.2. The summed E-state index contributed by atoms with van der Waals surface area (Å²) in [7, 11) is -1.51. The van der Waals surface area contributed by atoms with E-state index in [-0.39, 0.29) is 30.1 Å². The third-order valence-electron chi connectivity index (χ3n) is 2.94. The minimum atomic E-state index is -2.99. The number of carbonyl (C=O) groups is 1. The van der Waals surface area contributed by atoms with Crippen molar-refractivity contribution >= 4 is 15.7 Å². The average molecular weight is 264 g/mol. The lowest BCUT2D eigenvalue weighted by Crippen LogP contribution is -2.50. The zero-order chi connectivity index (χ0) is 13.1. The van der Waals surface area contributed by atoms with Gasteiger partial charge in [0, 0.05) is 19.7 Å². The molecular formula is C10H20N2O4S. The molecular weight excluding hydrogens is 244 g/mol. The molecule has 1 amide bonds. The molecule has 0 saturated carbocycles. The summed E-state index contributed by atoms with van der Waals surface area (Å²) in [5.74, 6) is -0.0378. The second kappa shape index (κ2) is 5.79. The quantitative estimate of drug-likeness (QED) is 0.687. The molecule has 100 valence electrons. The summed E-state index contributed by atoms with van der Waals surface area (Å²) in [5, 5.41) is 0. The van der Waals surface area contributed by atoms with Crippen molar-refractivity contribution in [2.24, 2.45) is 5.73 Å². The standard InChI is InChI=1S/C10H20N2O4S/c1-3-12(10(13)9(11)6-16-2)8-4-5-17(14,15)7-8/h8-9H,3-7,11H2,1-2H3. The summed E-state index contributed by atoms with van der Waals surface area (Å²) in [6.45, 7) is 2.44. The van der Waals surface area contributed by atoms with Crippen molar-refractivity contribution in [2.45, 2.75) is 25.4 Å². The Hall–Kier alpha value is -0.660. The van der Waals surface area contributed by atoms with Crippen LogP contribution in [0.2, 0.25) is 0 Å². The van der Waals surface area contributed by atoms with Crippen LogP contribution in [-0.2, 0) is 19.4 Å². The Morgan fingerprint density at radius 3 is 2.65 bits per heavy atom. The molecule has 0 aromatic carbocycles. The molecule has 2 unspecified atom stereocenters. The average Bonchev–Trinajstić information content (AvgIpc) is 2.60. The lowest BCUT2D eigenvalue weighted by Gasteiger charge is -2.29. The summed E-state index contributed by atoms with van der Waals surface area (Å²) >= 11 is 0. The van der Waals surface area contributed by atoms with Gasteiger partial charge in [0.1, 0.15) is 6.04 Å². The number of nitrogens with zero attached hydrogens (tertiary/aromatic N) is 1. The van der Waals surface area contributed by atoms with E-state index in [1.54, 1.807) is 4.90 Å². The molecule has 0 spiro atoms. The molecule has 0 aromatic rings. The Balaban J connectivity index is 2.69. The molecule has 6 nitrogen and oxygen atoms in total. The highest BCUT2D eigenvalue weighted by Gasteiger charge is 2.35. The largest absolute Gasteiger partial charge is 0.383 e. The van der Waals surface area contributed by atoms with Crippen molar-refractivity contribution in [3.8, 4) is 0 Å². The van der Waals surface area contributed by atoms with E-state index in [0.717, 1.165) is 0 Å². The molecule has 1 rings (SSSR count). The number of sulfone groups is 1. The first-order valence-corrected chi connectivity index (χ1v) is 7.48. The van der Waals surface area contributed by atoms with E-state index >= 15 is 0 Å². The van der Waals surface area contributed by atoms with E-state index in [4.69, 9.17) is 10.5 Å². The lowest BCUT2D eigenvalue weighted by molar-refractivity contribution is -0.135. The Labute approximate surface area is 102 Å². The van der Waals surface area contributed by atoms with Gasteiger partial charge in [-0.1, -0.05) is 0 Å². The zero-order valence-corrected chi connectivity index (χ0v) is 11.1. The number of likely N-dealkylation sites (N-methyl/N-ethyl adjacent to an activating group) is 1. The highest BCUT2D eigenvalue weighted by molar-refractivity contribution is 7.91. The molecule has 0 aliphatic carbocycles. The van der Waals surface area contributed by atoms with Gasteiger partial charge in [-0.15, -0.1) is 0 Å². The van der Waals surface area contributed by atoms with E-state index in [1.807, 2.05) is 6.92 Å². The van der Waals surface area contributed by atoms with E-state index in [2.05, 4.69) is 0 Å². The van der Waals surface area contributed by atoms with Crippen molar-refractivity contribution in [1.82, 2.24) is 4.90 Å². The van der Waals surface area contributed by atoms with Crippen LogP contribution in [-0.4, -0.2) is 63.1 Å². The molecule has 2 N–H and O–H groups in total. The second-order valence-electron chi connectivity index (χ2n) is 4.24. The fourth-order valence-electron chi connectivity index (χ4n) is 2.08. The van der Waals surface area contributed by atoms with Crippen LogP contribution in [0.25, 0.3) is 0 Å². The van der Waals surface area contributed by atoms with Gasteiger partial charge in [-0.05, 0) is 13.3 Å². The fourth-order valence-corrected chi connectivity index (χ4v) is 3.81. The predicted octanol–water partition coefficient (Wildman–Crippen LogP) is -1.00. The third kappa shape index (κ3) is 3.65. The van der Waals surface area contributed by atoms with Crippen LogP contribution < -0.4 is 5.73 Å². The number of hydrogen-bond donors (Lipinski definition) is 1.